The van der Waals surface area contributed by atoms with E-state index in [0.717, 1.165) is 53.4 Å². The van der Waals surface area contributed by atoms with Crippen molar-refractivity contribution < 1.29 is 0 Å². The molecule has 8 heteroatoms. The number of hydrogen-bond donors (Lipinski definition) is 3. The summed E-state index contributed by atoms with van der Waals surface area (Å²) >= 11 is 0. The van der Waals surface area contributed by atoms with Gasteiger partial charge < -0.3 is 16.0 Å². The number of nitrogens with one attached hydrogen (secondary N) is 2. The van der Waals surface area contributed by atoms with Crippen LogP contribution in [-0.2, 0) is 0 Å². The minimum atomic E-state index is 0.273. The summed E-state index contributed by atoms with van der Waals surface area (Å²) in [5, 5.41) is 18.9. The Morgan fingerprint density at radius 2 is 1.93 bits per heavy atom. The molecule has 0 radical (unpaired) electrons. The molecule has 152 valence electrons. The summed E-state index contributed by atoms with van der Waals surface area (Å²) in [6, 6.07) is 8.67. The third-order valence-corrected chi connectivity index (χ3v) is 5.70. The third kappa shape index (κ3) is 4.22. The van der Waals surface area contributed by atoms with Gasteiger partial charge in [-0.3, -0.25) is 5.10 Å². The average Bonchev–Trinajstić information content (AvgIpc) is 3.21. The SMILES string of the molecule is CNc1nc(-c2ccc(N(C)C3CCCCC(N)C3)nn2)ccc1-c1cn[nH]c1. The average molecular weight is 393 g/mol. The molecule has 0 saturated heterocycles. The predicted octanol–water partition coefficient (Wildman–Crippen LogP) is 3.07. The van der Waals surface area contributed by atoms with Gasteiger partial charge >= 0.3 is 0 Å². The highest BCUT2D eigenvalue weighted by molar-refractivity contribution is 5.76. The molecule has 2 atom stereocenters. The van der Waals surface area contributed by atoms with Crippen LogP contribution in [0.2, 0.25) is 0 Å². The highest BCUT2D eigenvalue weighted by Gasteiger charge is 2.22. The summed E-state index contributed by atoms with van der Waals surface area (Å²) in [6.07, 6.45) is 9.32. The van der Waals surface area contributed by atoms with E-state index in [0.29, 0.717) is 6.04 Å². The van der Waals surface area contributed by atoms with E-state index in [1.807, 2.05) is 37.5 Å². The quantitative estimate of drug-likeness (QED) is 0.573. The standard InChI is InChI=1S/C21H28N8/c1-23-21-17(14-12-24-25-13-14)7-8-18(26-21)19-9-10-20(28-27-19)29(2)16-6-4-3-5-15(22)11-16/h7-10,12-13,15-16H,3-6,11,22H2,1-2H3,(H,23,26)(H,24,25). The number of anilines is 2. The van der Waals surface area contributed by atoms with Gasteiger partial charge in [0, 0.05) is 43.5 Å². The van der Waals surface area contributed by atoms with Gasteiger partial charge in [0.25, 0.3) is 0 Å². The van der Waals surface area contributed by atoms with Gasteiger partial charge in [-0.2, -0.15) is 5.10 Å². The molecule has 0 bridgehead atoms. The Hall–Kier alpha value is -3.00. The van der Waals surface area contributed by atoms with Crippen LogP contribution in [0.4, 0.5) is 11.6 Å². The van der Waals surface area contributed by atoms with Gasteiger partial charge in [-0.05, 0) is 43.5 Å². The second-order valence-electron chi connectivity index (χ2n) is 7.65. The number of nitrogens with zero attached hydrogens (tertiary/aromatic N) is 5. The Balaban J connectivity index is 1.54. The van der Waals surface area contributed by atoms with Crippen molar-refractivity contribution in [2.24, 2.45) is 5.73 Å². The van der Waals surface area contributed by atoms with Crippen molar-refractivity contribution in [1.82, 2.24) is 25.4 Å². The van der Waals surface area contributed by atoms with E-state index < -0.39 is 0 Å². The predicted molar refractivity (Wildman–Crippen MR) is 116 cm³/mol. The van der Waals surface area contributed by atoms with Gasteiger partial charge in [-0.15, -0.1) is 10.2 Å². The van der Waals surface area contributed by atoms with E-state index in [2.05, 4.69) is 37.7 Å². The van der Waals surface area contributed by atoms with Crippen molar-refractivity contribution in [3.8, 4) is 22.5 Å². The number of aromatic nitrogens is 5. The summed E-state index contributed by atoms with van der Waals surface area (Å²) in [7, 11) is 3.94. The Kier molecular flexibility index (Phi) is 5.71. The van der Waals surface area contributed by atoms with Crippen LogP contribution in [0, 0.1) is 0 Å². The fourth-order valence-electron chi connectivity index (χ4n) is 3.98. The molecule has 1 aliphatic rings. The highest BCUT2D eigenvalue weighted by Crippen LogP contribution is 2.29. The molecule has 0 aliphatic heterocycles. The maximum absolute atomic E-state index is 6.23. The molecule has 1 aliphatic carbocycles. The van der Waals surface area contributed by atoms with Crippen molar-refractivity contribution in [3.05, 3.63) is 36.7 Å². The van der Waals surface area contributed by atoms with Crippen LogP contribution >= 0.6 is 0 Å². The Labute approximate surface area is 170 Å². The zero-order valence-corrected chi connectivity index (χ0v) is 17.0. The zero-order chi connectivity index (χ0) is 20.2. The van der Waals surface area contributed by atoms with E-state index in [9.17, 15) is 0 Å². The van der Waals surface area contributed by atoms with Crippen molar-refractivity contribution in [2.75, 3.05) is 24.3 Å². The summed E-state index contributed by atoms with van der Waals surface area (Å²) in [4.78, 5) is 6.94. The molecule has 29 heavy (non-hydrogen) atoms. The maximum atomic E-state index is 6.23. The summed E-state index contributed by atoms with van der Waals surface area (Å²) in [5.41, 5.74) is 9.73. The first-order chi connectivity index (χ1) is 14.2. The van der Waals surface area contributed by atoms with Crippen LogP contribution in [-0.4, -0.2) is 51.6 Å². The van der Waals surface area contributed by atoms with Gasteiger partial charge in [0.05, 0.1) is 11.9 Å². The van der Waals surface area contributed by atoms with Gasteiger partial charge in [0.1, 0.15) is 11.5 Å². The molecular weight excluding hydrogens is 364 g/mol. The smallest absolute Gasteiger partial charge is 0.151 e. The third-order valence-electron chi connectivity index (χ3n) is 5.70. The van der Waals surface area contributed by atoms with Gasteiger partial charge in [-0.25, -0.2) is 4.98 Å². The monoisotopic (exact) mass is 392 g/mol. The van der Waals surface area contributed by atoms with Crippen LogP contribution in [0.3, 0.4) is 0 Å². The summed E-state index contributed by atoms with van der Waals surface area (Å²) in [6.45, 7) is 0. The Morgan fingerprint density at radius 1 is 1.10 bits per heavy atom. The fourth-order valence-corrected chi connectivity index (χ4v) is 3.98. The molecule has 1 saturated carbocycles. The minimum absolute atomic E-state index is 0.273. The molecule has 3 aromatic rings. The van der Waals surface area contributed by atoms with E-state index in [4.69, 9.17) is 10.7 Å². The second-order valence-corrected chi connectivity index (χ2v) is 7.65. The molecule has 2 unspecified atom stereocenters. The van der Waals surface area contributed by atoms with E-state index in [-0.39, 0.29) is 6.04 Å². The lowest BCUT2D eigenvalue weighted by atomic mass is 10.1. The zero-order valence-electron chi connectivity index (χ0n) is 17.0. The molecule has 4 rings (SSSR count). The number of nitrogens with two attached hydrogens (primary N) is 1. The first-order valence-corrected chi connectivity index (χ1v) is 10.2. The molecule has 1 fully saturated rings. The van der Waals surface area contributed by atoms with Gasteiger partial charge in [0.2, 0.25) is 0 Å². The van der Waals surface area contributed by atoms with Crippen LogP contribution < -0.4 is 16.0 Å². The molecule has 0 spiro atoms. The number of rotatable bonds is 5. The van der Waals surface area contributed by atoms with Crippen molar-refractivity contribution in [2.45, 2.75) is 44.2 Å². The fraction of sp³-hybridized carbons (Fsp3) is 0.429. The van der Waals surface area contributed by atoms with E-state index >= 15 is 0 Å². The normalized spacial score (nSPS) is 19.6. The topological polar surface area (TPSA) is 109 Å². The van der Waals surface area contributed by atoms with E-state index in [1.54, 1.807) is 6.20 Å². The lowest BCUT2D eigenvalue weighted by molar-refractivity contribution is 0.508. The highest BCUT2D eigenvalue weighted by atomic mass is 15.3. The van der Waals surface area contributed by atoms with E-state index in [1.165, 1.54) is 12.8 Å². The number of aromatic amines is 1. The largest absolute Gasteiger partial charge is 0.373 e. The van der Waals surface area contributed by atoms with Crippen LogP contribution in [0.1, 0.15) is 32.1 Å². The van der Waals surface area contributed by atoms with Gasteiger partial charge in [0.15, 0.2) is 5.82 Å². The van der Waals surface area contributed by atoms with Crippen molar-refractivity contribution in [3.63, 3.8) is 0 Å². The van der Waals surface area contributed by atoms with Crippen molar-refractivity contribution in [1.29, 1.82) is 0 Å². The molecule has 3 aromatic heterocycles. The molecule has 8 nitrogen and oxygen atoms in total. The van der Waals surface area contributed by atoms with Crippen molar-refractivity contribution >= 4 is 11.6 Å². The first kappa shape index (κ1) is 19.3. The number of H-pyrrole nitrogens is 1. The Morgan fingerprint density at radius 3 is 2.66 bits per heavy atom. The summed E-state index contributed by atoms with van der Waals surface area (Å²) in [5.74, 6) is 1.65. The maximum Gasteiger partial charge on any atom is 0.151 e. The summed E-state index contributed by atoms with van der Waals surface area (Å²) < 4.78 is 0. The number of pyridine rings is 1. The number of hydrogen-bond acceptors (Lipinski definition) is 7. The molecular formula is C21H28N8. The van der Waals surface area contributed by atoms with Crippen LogP contribution in [0.5, 0.6) is 0 Å². The lowest BCUT2D eigenvalue weighted by Crippen LogP contribution is -2.36. The molecule has 4 N–H and O–H groups in total. The second kappa shape index (κ2) is 8.57. The first-order valence-electron chi connectivity index (χ1n) is 10.2. The lowest BCUT2D eigenvalue weighted by Gasteiger charge is -2.29. The van der Waals surface area contributed by atoms with Crippen LogP contribution in [0.15, 0.2) is 36.7 Å². The molecule has 0 amide bonds. The van der Waals surface area contributed by atoms with Crippen LogP contribution in [0.25, 0.3) is 22.5 Å². The Bertz CT molecular complexity index is 922. The van der Waals surface area contributed by atoms with Gasteiger partial charge in [-0.1, -0.05) is 12.8 Å². The molecule has 0 aromatic carbocycles. The molecule has 3 heterocycles. The minimum Gasteiger partial charge on any atom is -0.373 e.